The lowest BCUT2D eigenvalue weighted by Gasteiger charge is -2.33. The van der Waals surface area contributed by atoms with Crippen LogP contribution in [0.5, 0.6) is 0 Å². The second-order valence-corrected chi connectivity index (χ2v) is 22.3. The van der Waals surface area contributed by atoms with Crippen molar-refractivity contribution >= 4 is 25.7 Å². The predicted molar refractivity (Wildman–Crippen MR) is 325 cm³/mol. The highest BCUT2D eigenvalue weighted by Gasteiger charge is 2.19. The molecule has 13 nitrogen and oxygen atoms in total. The molecule has 0 amide bonds. The molecule has 0 aliphatic rings. The third-order valence-corrected chi connectivity index (χ3v) is 13.2. The minimum Gasteiger partial charge on any atom is -0.598 e. The van der Waals surface area contributed by atoms with E-state index in [2.05, 4.69) is 63.8 Å². The first-order chi connectivity index (χ1) is 37.6. The standard InChI is InChI=1S/C57H104O6.C7H15NO2.H3O4P/c1-4-7-10-13-16-19-22-25-28-31-34-37-40-43-46-49-55(58)61-52-54(63-57(60)51-48-45-42-39-36-33-30-27-24-21-18-15-12-9-6-3)53-62-56(59)50-47-44-41-38-35-32-29-26-23-20-17-14-11-8-5-2;1-4-6-7-8(3,9)10-5-2;1-5(2,3)4/h25-30,54H,4-24,31-53H2,1-3H3;4H,1,5-7H2,2-3H3;(H3,1,2,3,4)/b28-25-,29-26-,30-27-;;. The lowest BCUT2D eigenvalue weighted by Crippen LogP contribution is -2.38. The first-order valence-corrected chi connectivity index (χ1v) is 33.3. The predicted octanol–water partition coefficient (Wildman–Crippen LogP) is 18.6. The third-order valence-electron chi connectivity index (χ3n) is 13.2. The molecule has 3 N–H and O–H groups in total. The Bertz CT molecular complexity index is 1380. The SMILES string of the molecule is C=CCC[N+](C)([O-])OCC.CCCCCCCC/C=C\CCCCCCCC(=O)OCC(COC(=O)CCCCCCC/C=C\CCCCCCCC)OC(=O)CCCCCCC/C=C\CCCCCCCC.O=P(O)(O)O. The van der Waals surface area contributed by atoms with Crippen molar-refractivity contribution in [1.82, 2.24) is 0 Å². The van der Waals surface area contributed by atoms with E-state index in [0.717, 1.165) is 77.0 Å². The molecular formula is C64H122NO12P. The van der Waals surface area contributed by atoms with Gasteiger partial charge in [0, 0.05) is 25.7 Å². The fourth-order valence-corrected chi connectivity index (χ4v) is 8.56. The summed E-state index contributed by atoms with van der Waals surface area (Å²) < 4.78 is 25.7. The molecule has 78 heavy (non-hydrogen) atoms. The molecule has 1 atom stereocenters. The summed E-state index contributed by atoms with van der Waals surface area (Å²) in [6.45, 7) is 12.9. The lowest BCUT2D eigenvalue weighted by atomic mass is 10.1. The van der Waals surface area contributed by atoms with Gasteiger partial charge in [0.2, 0.25) is 0 Å². The zero-order valence-corrected chi connectivity index (χ0v) is 51.9. The Hall–Kier alpha value is -2.64. The smallest absolute Gasteiger partial charge is 0.466 e. The molecule has 0 saturated heterocycles. The molecule has 1 unspecified atom stereocenters. The van der Waals surface area contributed by atoms with Crippen LogP contribution in [0.2, 0.25) is 0 Å². The molecule has 0 bridgehead atoms. The molecule has 460 valence electrons. The van der Waals surface area contributed by atoms with Crippen molar-refractivity contribution in [2.45, 2.75) is 310 Å². The van der Waals surface area contributed by atoms with Gasteiger partial charge >= 0.3 is 25.7 Å². The van der Waals surface area contributed by atoms with E-state index in [0.29, 0.717) is 38.8 Å². The molecular weight excluding hydrogens is 1010 g/mol. The molecule has 0 fully saturated rings. The van der Waals surface area contributed by atoms with Crippen molar-refractivity contribution in [3.05, 3.63) is 54.3 Å². The summed E-state index contributed by atoms with van der Waals surface area (Å²) in [5.74, 6) is -0.893. The average molecular weight is 1130 g/mol. The number of unbranched alkanes of at least 4 members (excludes halogenated alkanes) is 33. The maximum atomic E-state index is 12.8. The third kappa shape index (κ3) is 75.4. The second-order valence-electron chi connectivity index (χ2n) is 21.2. The Balaban J connectivity index is -0.00000324. The number of phosphoric acid groups is 1. The quantitative estimate of drug-likeness (QED) is 0.00996. The lowest BCUT2D eigenvalue weighted by molar-refractivity contribution is -1.05. The number of hydrogen-bond acceptors (Lipinski definition) is 9. The van der Waals surface area contributed by atoms with Crippen LogP contribution in [0.1, 0.15) is 304 Å². The number of nitrogens with zero attached hydrogens (tertiary/aromatic N) is 1. The van der Waals surface area contributed by atoms with Crippen LogP contribution >= 0.6 is 7.82 Å². The molecule has 0 radical (unpaired) electrons. The zero-order chi connectivity index (χ0) is 58.3. The van der Waals surface area contributed by atoms with Gasteiger partial charge in [-0.1, -0.05) is 217 Å². The fraction of sp³-hybridized carbons (Fsp3) is 0.828. The van der Waals surface area contributed by atoms with E-state index >= 15 is 0 Å². The number of ether oxygens (including phenoxy) is 3. The van der Waals surface area contributed by atoms with Crippen molar-refractivity contribution in [2.24, 2.45) is 0 Å². The molecule has 14 heteroatoms. The van der Waals surface area contributed by atoms with Crippen LogP contribution < -0.4 is 0 Å². The van der Waals surface area contributed by atoms with Crippen LogP contribution in [0.3, 0.4) is 0 Å². The van der Waals surface area contributed by atoms with Crippen molar-refractivity contribution in [3.8, 4) is 0 Å². The van der Waals surface area contributed by atoms with E-state index in [1.807, 2.05) is 6.92 Å². The molecule has 0 spiro atoms. The van der Waals surface area contributed by atoms with Crippen LogP contribution in [0.15, 0.2) is 49.1 Å². The average Bonchev–Trinajstić information content (AvgIpc) is 3.39. The zero-order valence-electron chi connectivity index (χ0n) is 51.0. The first kappa shape index (κ1) is 79.6. The van der Waals surface area contributed by atoms with Crippen molar-refractivity contribution in [1.29, 1.82) is 0 Å². The topological polar surface area (TPSA) is 189 Å². The van der Waals surface area contributed by atoms with Crippen LogP contribution in [0.4, 0.5) is 0 Å². The molecule has 0 aromatic rings. The molecule has 0 aliphatic carbocycles. The van der Waals surface area contributed by atoms with Gasteiger partial charge in [0.05, 0.1) is 7.05 Å². The molecule has 0 aliphatic heterocycles. The Morgan fingerprint density at radius 2 is 0.705 bits per heavy atom. The number of esters is 3. The summed E-state index contributed by atoms with van der Waals surface area (Å²) in [7, 11) is -3.15. The summed E-state index contributed by atoms with van der Waals surface area (Å²) in [4.78, 5) is 63.8. The van der Waals surface area contributed by atoms with E-state index in [4.69, 9.17) is 38.3 Å². The summed E-state index contributed by atoms with van der Waals surface area (Å²) >= 11 is 0. The number of allylic oxidation sites excluding steroid dienone is 6. The second kappa shape index (κ2) is 63.5. The summed E-state index contributed by atoms with van der Waals surface area (Å²) in [5.41, 5.74) is 0. The van der Waals surface area contributed by atoms with Gasteiger partial charge in [-0.3, -0.25) is 14.4 Å². The van der Waals surface area contributed by atoms with E-state index in [1.165, 1.54) is 180 Å². The molecule has 0 heterocycles. The first-order valence-electron chi connectivity index (χ1n) is 31.7. The largest absolute Gasteiger partial charge is 0.598 e. The van der Waals surface area contributed by atoms with Gasteiger partial charge in [0.1, 0.15) is 26.4 Å². The molecule has 0 aromatic carbocycles. The number of carbonyl (C=O) groups is 3. The van der Waals surface area contributed by atoms with Gasteiger partial charge < -0.3 is 34.1 Å². The highest BCUT2D eigenvalue weighted by atomic mass is 31.2. The van der Waals surface area contributed by atoms with Crippen molar-refractivity contribution < 1.29 is 57.5 Å². The van der Waals surface area contributed by atoms with Crippen LogP contribution in [-0.4, -0.2) is 76.9 Å². The minimum atomic E-state index is -4.64. The van der Waals surface area contributed by atoms with Crippen molar-refractivity contribution in [2.75, 3.05) is 33.4 Å². The number of rotatable bonds is 55. The van der Waals surface area contributed by atoms with E-state index < -0.39 is 18.7 Å². The summed E-state index contributed by atoms with van der Waals surface area (Å²) in [5, 5.41) is 11.1. The highest BCUT2D eigenvalue weighted by molar-refractivity contribution is 7.45. The normalized spacial score (nSPS) is 12.4. The monoisotopic (exact) mass is 1130 g/mol. The van der Waals surface area contributed by atoms with Gasteiger partial charge in [-0.2, -0.15) is 0 Å². The number of hydrogen-bond donors (Lipinski definition) is 3. The van der Waals surface area contributed by atoms with Crippen LogP contribution in [0.25, 0.3) is 0 Å². The highest BCUT2D eigenvalue weighted by Crippen LogP contribution is 2.26. The Morgan fingerprint density at radius 3 is 0.974 bits per heavy atom. The van der Waals surface area contributed by atoms with E-state index in [-0.39, 0.29) is 31.1 Å². The maximum absolute atomic E-state index is 12.8. The maximum Gasteiger partial charge on any atom is 0.466 e. The Kier molecular flexibility index (Phi) is 64.8. The van der Waals surface area contributed by atoms with Gasteiger partial charge in [-0.25, -0.2) is 14.2 Å². The molecule has 0 rings (SSSR count). The summed E-state index contributed by atoms with van der Waals surface area (Å²) in [6, 6.07) is 0. The Labute approximate surface area is 479 Å². The van der Waals surface area contributed by atoms with Crippen LogP contribution in [-0.2, 0) is 38.0 Å². The minimum absolute atomic E-state index is 0.0806. The van der Waals surface area contributed by atoms with Crippen molar-refractivity contribution in [3.63, 3.8) is 0 Å². The number of carbonyl (C=O) groups excluding carboxylic acids is 3. The molecule has 0 saturated carbocycles. The van der Waals surface area contributed by atoms with Crippen LogP contribution in [0, 0.1) is 5.21 Å². The Morgan fingerprint density at radius 1 is 0.449 bits per heavy atom. The van der Waals surface area contributed by atoms with Gasteiger partial charge in [-0.05, 0) is 103 Å². The number of quaternary nitrogens is 1. The van der Waals surface area contributed by atoms with Gasteiger partial charge in [-0.15, -0.1) is 6.58 Å². The van der Waals surface area contributed by atoms with E-state index in [1.54, 1.807) is 6.08 Å². The van der Waals surface area contributed by atoms with Gasteiger partial charge in [0.15, 0.2) is 6.10 Å². The van der Waals surface area contributed by atoms with Gasteiger partial charge in [0.25, 0.3) is 0 Å². The number of hydroxylamine groups is 4. The fourth-order valence-electron chi connectivity index (χ4n) is 8.56. The molecule has 0 aromatic heterocycles. The van der Waals surface area contributed by atoms with E-state index in [9.17, 15) is 19.6 Å². The summed E-state index contributed by atoms with van der Waals surface area (Å²) in [6.07, 6.45) is 63.6.